The maximum atomic E-state index is 2.48. The number of hydrogen-bond donors (Lipinski definition) is 0. The third kappa shape index (κ3) is 5.92. The average molecular weight is 877 g/mol. The summed E-state index contributed by atoms with van der Waals surface area (Å²) in [5.41, 5.74) is 24.1. The standard InChI is InChI=1S/C67H44N2/c1-4-18-45(19-5-1)48-35-41-65(59(42-48)47-20-6-2-7-21-47)68(52-38-40-58-57-27-13-17-31-64(57)69(66(58)44-52)50-22-8-3-9-23-50)51-36-32-46(33-37-51)49-34-39-56-55-26-12-16-30-62(55)67(63(56)43-49)60-28-14-10-24-53(60)54-25-11-15-29-61(54)67/h1-44H. The second-order valence-corrected chi connectivity index (χ2v) is 18.4. The van der Waals surface area contributed by atoms with Crippen molar-refractivity contribution in [1.29, 1.82) is 0 Å². The van der Waals surface area contributed by atoms with Crippen LogP contribution in [0.15, 0.2) is 267 Å². The lowest BCUT2D eigenvalue weighted by Gasteiger charge is -2.30. The van der Waals surface area contributed by atoms with Crippen molar-refractivity contribution in [2.75, 3.05) is 4.90 Å². The van der Waals surface area contributed by atoms with Crippen molar-refractivity contribution in [2.45, 2.75) is 5.41 Å². The quantitative estimate of drug-likeness (QED) is 0.155. The molecule has 12 aromatic rings. The van der Waals surface area contributed by atoms with Crippen LogP contribution >= 0.6 is 0 Å². The molecule has 0 amide bonds. The Labute approximate surface area is 402 Å². The highest BCUT2D eigenvalue weighted by Crippen LogP contribution is 2.63. The Kier molecular flexibility index (Phi) is 8.84. The van der Waals surface area contributed by atoms with E-state index in [4.69, 9.17) is 0 Å². The summed E-state index contributed by atoms with van der Waals surface area (Å²) in [6, 6.07) is 98.5. The highest BCUT2D eigenvalue weighted by atomic mass is 15.1. The number of para-hydroxylation sites is 2. The van der Waals surface area contributed by atoms with Crippen LogP contribution in [-0.4, -0.2) is 4.57 Å². The van der Waals surface area contributed by atoms with Gasteiger partial charge in [-0.2, -0.15) is 0 Å². The SMILES string of the molecule is c1ccc(-c2ccc(N(c3ccc(-c4ccc5c(c4)C4(c6ccccc6-c6ccccc64)c4ccccc4-5)cc3)c3ccc4c5ccccc5n(-c5ccccc5)c4c3)c(-c3ccccc3)c2)cc1. The second-order valence-electron chi connectivity index (χ2n) is 18.4. The molecule has 0 unspecified atom stereocenters. The van der Waals surface area contributed by atoms with Gasteiger partial charge < -0.3 is 9.47 Å². The number of fused-ring (bicyclic) bond motifs is 13. The summed E-state index contributed by atoms with van der Waals surface area (Å²) in [6.45, 7) is 0. The Morgan fingerprint density at radius 3 is 1.42 bits per heavy atom. The second kappa shape index (κ2) is 15.6. The van der Waals surface area contributed by atoms with Crippen molar-refractivity contribution in [3.8, 4) is 61.3 Å². The molecule has 1 aromatic heterocycles. The van der Waals surface area contributed by atoms with Crippen molar-refractivity contribution in [1.82, 2.24) is 4.57 Å². The molecule has 322 valence electrons. The van der Waals surface area contributed by atoms with Crippen molar-refractivity contribution in [2.24, 2.45) is 0 Å². The van der Waals surface area contributed by atoms with E-state index >= 15 is 0 Å². The molecule has 2 aliphatic carbocycles. The van der Waals surface area contributed by atoms with Gasteiger partial charge >= 0.3 is 0 Å². The van der Waals surface area contributed by atoms with Gasteiger partial charge in [0.15, 0.2) is 0 Å². The van der Waals surface area contributed by atoms with Gasteiger partial charge in [0.1, 0.15) is 0 Å². The van der Waals surface area contributed by atoms with E-state index < -0.39 is 5.41 Å². The molecule has 0 aliphatic heterocycles. The van der Waals surface area contributed by atoms with Gasteiger partial charge in [0.05, 0.1) is 22.1 Å². The first kappa shape index (κ1) is 39.2. The summed E-state index contributed by atoms with van der Waals surface area (Å²) in [6.07, 6.45) is 0. The largest absolute Gasteiger partial charge is 0.310 e. The van der Waals surface area contributed by atoms with Gasteiger partial charge in [-0.3, -0.25) is 0 Å². The predicted molar refractivity (Wildman–Crippen MR) is 288 cm³/mol. The van der Waals surface area contributed by atoms with Crippen LogP contribution in [-0.2, 0) is 5.41 Å². The summed E-state index contributed by atoms with van der Waals surface area (Å²) >= 11 is 0. The topological polar surface area (TPSA) is 8.17 Å². The molecule has 11 aromatic carbocycles. The molecule has 0 atom stereocenters. The van der Waals surface area contributed by atoms with Gasteiger partial charge in [0, 0.05) is 33.4 Å². The van der Waals surface area contributed by atoms with Crippen LogP contribution in [0.3, 0.4) is 0 Å². The molecule has 2 heteroatoms. The fraction of sp³-hybridized carbons (Fsp3) is 0.0149. The normalized spacial score (nSPS) is 12.8. The summed E-state index contributed by atoms with van der Waals surface area (Å²) in [4.78, 5) is 2.45. The average Bonchev–Trinajstić information content (AvgIpc) is 4.03. The first-order chi connectivity index (χ1) is 34.2. The van der Waals surface area contributed by atoms with Crippen molar-refractivity contribution in [3.05, 3.63) is 289 Å². The summed E-state index contributed by atoms with van der Waals surface area (Å²) in [5.74, 6) is 0. The Bertz CT molecular complexity index is 3880. The lowest BCUT2D eigenvalue weighted by molar-refractivity contribution is 0.794. The third-order valence-electron chi connectivity index (χ3n) is 14.8. The molecule has 1 spiro atoms. The minimum Gasteiger partial charge on any atom is -0.310 e. The number of aromatic nitrogens is 1. The molecule has 0 saturated carbocycles. The Morgan fingerprint density at radius 1 is 0.275 bits per heavy atom. The molecule has 2 nitrogen and oxygen atoms in total. The number of hydrogen-bond acceptors (Lipinski definition) is 1. The number of anilines is 3. The zero-order valence-electron chi connectivity index (χ0n) is 37.8. The van der Waals surface area contributed by atoms with E-state index in [2.05, 4.69) is 276 Å². The third-order valence-corrected chi connectivity index (χ3v) is 14.8. The molecule has 69 heavy (non-hydrogen) atoms. The van der Waals surface area contributed by atoms with E-state index in [9.17, 15) is 0 Å². The van der Waals surface area contributed by atoms with Gasteiger partial charge in [0.25, 0.3) is 0 Å². The molecule has 0 N–H and O–H groups in total. The molecule has 0 bridgehead atoms. The van der Waals surface area contributed by atoms with Gasteiger partial charge in [0.2, 0.25) is 0 Å². The molecule has 2 aliphatic rings. The monoisotopic (exact) mass is 876 g/mol. The molecule has 14 rings (SSSR count). The van der Waals surface area contributed by atoms with Gasteiger partial charge in [-0.15, -0.1) is 0 Å². The zero-order valence-corrected chi connectivity index (χ0v) is 37.8. The van der Waals surface area contributed by atoms with Crippen molar-refractivity contribution >= 4 is 38.9 Å². The first-order valence-corrected chi connectivity index (χ1v) is 23.9. The number of benzene rings is 11. The minimum absolute atomic E-state index is 0.396. The molecule has 0 radical (unpaired) electrons. The predicted octanol–water partition coefficient (Wildman–Crippen LogP) is 17.6. The minimum atomic E-state index is -0.396. The fourth-order valence-corrected chi connectivity index (χ4v) is 11.8. The molecule has 0 fully saturated rings. The lowest BCUT2D eigenvalue weighted by atomic mass is 9.70. The van der Waals surface area contributed by atoms with Gasteiger partial charge in [-0.1, -0.05) is 206 Å². The highest BCUT2D eigenvalue weighted by molar-refractivity contribution is 6.10. The molecular weight excluding hydrogens is 833 g/mol. The van der Waals surface area contributed by atoms with E-state index in [0.717, 1.165) is 39.4 Å². The number of nitrogens with zero attached hydrogens (tertiary/aromatic N) is 2. The van der Waals surface area contributed by atoms with Crippen molar-refractivity contribution in [3.63, 3.8) is 0 Å². The first-order valence-electron chi connectivity index (χ1n) is 23.9. The van der Waals surface area contributed by atoms with Crippen LogP contribution in [0.4, 0.5) is 17.1 Å². The van der Waals surface area contributed by atoms with Crippen molar-refractivity contribution < 1.29 is 0 Å². The zero-order chi connectivity index (χ0) is 45.5. The summed E-state index contributed by atoms with van der Waals surface area (Å²) in [7, 11) is 0. The van der Waals surface area contributed by atoms with Crippen LogP contribution in [0.5, 0.6) is 0 Å². The number of rotatable bonds is 7. The maximum absolute atomic E-state index is 2.48. The van der Waals surface area contributed by atoms with Crippen LogP contribution in [0.1, 0.15) is 22.3 Å². The Hall–Kier alpha value is -8.98. The Morgan fingerprint density at radius 2 is 0.754 bits per heavy atom. The Balaban J connectivity index is 0.960. The van der Waals surface area contributed by atoms with E-state index in [1.54, 1.807) is 0 Å². The highest BCUT2D eigenvalue weighted by Gasteiger charge is 2.51. The fourth-order valence-electron chi connectivity index (χ4n) is 11.8. The van der Waals surface area contributed by atoms with Crippen LogP contribution in [0, 0.1) is 0 Å². The molecule has 1 heterocycles. The van der Waals surface area contributed by atoms with Gasteiger partial charge in [-0.05, 0) is 133 Å². The van der Waals surface area contributed by atoms with Crippen LogP contribution in [0.2, 0.25) is 0 Å². The molecular formula is C67H44N2. The van der Waals surface area contributed by atoms with E-state index in [0.29, 0.717) is 0 Å². The lowest BCUT2D eigenvalue weighted by Crippen LogP contribution is -2.25. The maximum Gasteiger partial charge on any atom is 0.0725 e. The van der Waals surface area contributed by atoms with Crippen LogP contribution < -0.4 is 4.90 Å². The molecule has 0 saturated heterocycles. The van der Waals surface area contributed by atoms with Crippen LogP contribution in [0.25, 0.3) is 83.1 Å². The smallest absolute Gasteiger partial charge is 0.0725 e. The van der Waals surface area contributed by atoms with E-state index in [-0.39, 0.29) is 0 Å². The van der Waals surface area contributed by atoms with E-state index in [1.165, 1.54) is 83.1 Å². The summed E-state index contributed by atoms with van der Waals surface area (Å²) < 4.78 is 2.41. The summed E-state index contributed by atoms with van der Waals surface area (Å²) in [5, 5.41) is 2.46. The van der Waals surface area contributed by atoms with E-state index in [1.807, 2.05) is 0 Å². The van der Waals surface area contributed by atoms with Gasteiger partial charge in [-0.25, -0.2) is 0 Å².